The van der Waals surface area contributed by atoms with E-state index in [2.05, 4.69) is 6.58 Å². The Balaban J connectivity index is 2.84. The van der Waals surface area contributed by atoms with E-state index in [1.54, 1.807) is 30.0 Å². The van der Waals surface area contributed by atoms with Crippen molar-refractivity contribution in [2.75, 3.05) is 5.75 Å². The van der Waals surface area contributed by atoms with E-state index in [9.17, 15) is 8.42 Å². The highest BCUT2D eigenvalue weighted by atomic mass is 32.2. The molecule has 5 heteroatoms. The van der Waals surface area contributed by atoms with Crippen LogP contribution in [0.2, 0.25) is 0 Å². The minimum absolute atomic E-state index is 0.0829. The molecule has 0 spiro atoms. The van der Waals surface area contributed by atoms with Crippen molar-refractivity contribution < 1.29 is 13.0 Å². The second-order valence-electron chi connectivity index (χ2n) is 2.55. The molecule has 0 bridgehead atoms. The van der Waals surface area contributed by atoms with E-state index in [0.29, 0.717) is 0 Å². The summed E-state index contributed by atoms with van der Waals surface area (Å²) in [4.78, 5) is 0.859. The normalized spacial score (nSPS) is 11.2. The van der Waals surface area contributed by atoms with Gasteiger partial charge in [-0.25, -0.2) is 0 Å². The number of thioether (sulfide) groups is 1. The van der Waals surface area contributed by atoms with E-state index < -0.39 is 10.1 Å². The van der Waals surface area contributed by atoms with Crippen LogP contribution in [0.15, 0.2) is 46.7 Å². The molecule has 0 saturated heterocycles. The first kappa shape index (κ1) is 11.3. The van der Waals surface area contributed by atoms with Crippen LogP contribution in [0.3, 0.4) is 0 Å². The summed E-state index contributed by atoms with van der Waals surface area (Å²) in [5, 5.41) is 0. The van der Waals surface area contributed by atoms with Crippen molar-refractivity contribution in [3.05, 3.63) is 36.9 Å². The third-order valence-electron chi connectivity index (χ3n) is 1.49. The molecule has 1 rings (SSSR count). The highest BCUT2D eigenvalue weighted by molar-refractivity contribution is 7.99. The fourth-order valence-corrected chi connectivity index (χ4v) is 1.98. The van der Waals surface area contributed by atoms with Crippen molar-refractivity contribution in [1.82, 2.24) is 0 Å². The van der Waals surface area contributed by atoms with Gasteiger partial charge in [0.05, 0.1) is 4.90 Å². The number of benzene rings is 1. The van der Waals surface area contributed by atoms with Gasteiger partial charge in [0, 0.05) is 10.6 Å². The van der Waals surface area contributed by atoms with Crippen molar-refractivity contribution in [1.29, 1.82) is 0 Å². The molecule has 0 heterocycles. The smallest absolute Gasteiger partial charge is 0.282 e. The van der Waals surface area contributed by atoms with Crippen molar-refractivity contribution in [3.63, 3.8) is 0 Å². The van der Waals surface area contributed by atoms with Crippen LogP contribution in [0, 0.1) is 0 Å². The van der Waals surface area contributed by atoms with Crippen LogP contribution < -0.4 is 0 Å². The summed E-state index contributed by atoms with van der Waals surface area (Å²) in [7, 11) is -4.07. The van der Waals surface area contributed by atoms with Gasteiger partial charge in [0.15, 0.2) is 0 Å². The molecule has 0 unspecified atom stereocenters. The van der Waals surface area contributed by atoms with E-state index in [1.807, 2.05) is 0 Å². The average molecular weight is 230 g/mol. The van der Waals surface area contributed by atoms with E-state index in [4.69, 9.17) is 4.55 Å². The zero-order valence-electron chi connectivity index (χ0n) is 7.38. The molecule has 1 aromatic carbocycles. The Morgan fingerprint density at radius 1 is 1.36 bits per heavy atom. The summed E-state index contributed by atoms with van der Waals surface area (Å²) in [5.41, 5.74) is 0. The van der Waals surface area contributed by atoms with Crippen molar-refractivity contribution >= 4 is 21.9 Å². The van der Waals surface area contributed by atoms with Gasteiger partial charge in [-0.2, -0.15) is 8.42 Å². The SMILES string of the molecule is C=CCSc1ccc(S(=O)(=O)O)cc1. The maximum absolute atomic E-state index is 10.7. The Hall–Kier alpha value is -0.780. The van der Waals surface area contributed by atoms with Crippen LogP contribution in [0.4, 0.5) is 0 Å². The highest BCUT2D eigenvalue weighted by Gasteiger charge is 2.07. The Bertz CT molecular complexity index is 406. The van der Waals surface area contributed by atoms with Crippen LogP contribution in [0.5, 0.6) is 0 Å². The quantitative estimate of drug-likeness (QED) is 0.489. The molecule has 0 aliphatic rings. The molecule has 76 valence electrons. The van der Waals surface area contributed by atoms with E-state index >= 15 is 0 Å². The summed E-state index contributed by atoms with van der Waals surface area (Å²) < 4.78 is 30.1. The fraction of sp³-hybridized carbons (Fsp3) is 0.111. The first-order chi connectivity index (χ1) is 6.54. The molecule has 0 fully saturated rings. The highest BCUT2D eigenvalue weighted by Crippen LogP contribution is 2.19. The van der Waals surface area contributed by atoms with Gasteiger partial charge in [0.25, 0.3) is 10.1 Å². The van der Waals surface area contributed by atoms with E-state index in [0.717, 1.165) is 10.6 Å². The molecular weight excluding hydrogens is 220 g/mol. The lowest BCUT2D eigenvalue weighted by Crippen LogP contribution is -1.96. The molecule has 14 heavy (non-hydrogen) atoms. The first-order valence-corrected chi connectivity index (χ1v) is 6.28. The number of rotatable bonds is 4. The minimum atomic E-state index is -4.07. The van der Waals surface area contributed by atoms with Crippen LogP contribution in [-0.4, -0.2) is 18.7 Å². The molecule has 1 aromatic rings. The zero-order valence-corrected chi connectivity index (χ0v) is 9.01. The molecule has 0 aliphatic carbocycles. The van der Waals surface area contributed by atoms with Gasteiger partial charge in [-0.3, -0.25) is 4.55 Å². The maximum atomic E-state index is 10.7. The minimum Gasteiger partial charge on any atom is -0.282 e. The van der Waals surface area contributed by atoms with Crippen LogP contribution in [0.25, 0.3) is 0 Å². The molecule has 0 aliphatic heterocycles. The monoisotopic (exact) mass is 230 g/mol. The van der Waals surface area contributed by atoms with Gasteiger partial charge in [-0.15, -0.1) is 18.3 Å². The Kier molecular flexibility index (Phi) is 3.74. The topological polar surface area (TPSA) is 54.4 Å². The van der Waals surface area contributed by atoms with Gasteiger partial charge in [0.2, 0.25) is 0 Å². The summed E-state index contributed by atoms with van der Waals surface area (Å²) >= 11 is 1.55. The van der Waals surface area contributed by atoms with Crippen LogP contribution >= 0.6 is 11.8 Å². The molecule has 3 nitrogen and oxygen atoms in total. The van der Waals surface area contributed by atoms with Gasteiger partial charge in [0.1, 0.15) is 0 Å². The zero-order chi connectivity index (χ0) is 10.6. The fourth-order valence-electron chi connectivity index (χ4n) is 0.863. The average Bonchev–Trinajstić information content (AvgIpc) is 2.14. The number of hydrogen-bond acceptors (Lipinski definition) is 3. The lowest BCUT2D eigenvalue weighted by Gasteiger charge is -1.99. The lowest BCUT2D eigenvalue weighted by molar-refractivity contribution is 0.483. The summed E-state index contributed by atoms with van der Waals surface area (Å²) in [6, 6.07) is 6.05. The van der Waals surface area contributed by atoms with Crippen LogP contribution in [-0.2, 0) is 10.1 Å². The Morgan fingerprint density at radius 2 is 1.93 bits per heavy atom. The molecular formula is C9H10O3S2. The van der Waals surface area contributed by atoms with Crippen molar-refractivity contribution in [3.8, 4) is 0 Å². The predicted molar refractivity (Wildman–Crippen MR) is 57.2 cm³/mol. The molecule has 0 saturated carbocycles. The molecule has 0 amide bonds. The third-order valence-corrected chi connectivity index (χ3v) is 3.37. The van der Waals surface area contributed by atoms with E-state index in [-0.39, 0.29) is 4.90 Å². The van der Waals surface area contributed by atoms with Crippen molar-refractivity contribution in [2.24, 2.45) is 0 Å². The number of hydrogen-bond donors (Lipinski definition) is 1. The van der Waals surface area contributed by atoms with Crippen molar-refractivity contribution in [2.45, 2.75) is 9.79 Å². The Labute approximate surface area is 87.6 Å². The van der Waals surface area contributed by atoms with Gasteiger partial charge >= 0.3 is 0 Å². The van der Waals surface area contributed by atoms with Gasteiger partial charge in [-0.05, 0) is 24.3 Å². The molecule has 0 aromatic heterocycles. The molecule has 0 radical (unpaired) electrons. The van der Waals surface area contributed by atoms with Gasteiger partial charge < -0.3 is 0 Å². The van der Waals surface area contributed by atoms with E-state index in [1.165, 1.54) is 12.1 Å². The first-order valence-electron chi connectivity index (χ1n) is 3.85. The largest absolute Gasteiger partial charge is 0.294 e. The lowest BCUT2D eigenvalue weighted by atomic mass is 10.4. The van der Waals surface area contributed by atoms with Gasteiger partial charge in [-0.1, -0.05) is 6.08 Å². The molecule has 1 N–H and O–H groups in total. The standard InChI is InChI=1S/C9H10O3S2/c1-2-7-13-8-3-5-9(6-4-8)14(10,11)12/h2-6H,1,7H2,(H,10,11,12). The second kappa shape index (κ2) is 4.63. The molecule has 0 atom stereocenters. The summed E-state index contributed by atoms with van der Waals surface area (Å²) in [6.45, 7) is 3.58. The van der Waals surface area contributed by atoms with Crippen LogP contribution in [0.1, 0.15) is 0 Å². The predicted octanol–water partition coefficient (Wildman–Crippen LogP) is 2.21. The summed E-state index contributed by atoms with van der Waals surface area (Å²) in [5.74, 6) is 0.769. The maximum Gasteiger partial charge on any atom is 0.294 e. The summed E-state index contributed by atoms with van der Waals surface area (Å²) in [6.07, 6.45) is 1.77. The Morgan fingerprint density at radius 3 is 2.36 bits per heavy atom. The third kappa shape index (κ3) is 3.17. The second-order valence-corrected chi connectivity index (χ2v) is 5.06.